The lowest BCUT2D eigenvalue weighted by molar-refractivity contribution is -0.413. The van der Waals surface area contributed by atoms with Crippen LogP contribution in [0.25, 0.3) is 0 Å². The van der Waals surface area contributed by atoms with Crippen LogP contribution in [0, 0.1) is 5.41 Å². The molecular formula is C12H20O8. The predicted octanol–water partition coefficient (Wildman–Crippen LogP) is -2.29. The molecule has 0 saturated carbocycles. The molecule has 8 nitrogen and oxygen atoms in total. The number of rotatable bonds is 11. The molecule has 0 radical (unpaired) electrons. The highest BCUT2D eigenvalue weighted by molar-refractivity contribution is 5.94. The minimum atomic E-state index is -3.12. The van der Waals surface area contributed by atoms with Gasteiger partial charge in [0.25, 0.3) is 5.97 Å². The van der Waals surface area contributed by atoms with Crippen molar-refractivity contribution in [1.82, 2.24) is 0 Å². The third-order valence-corrected chi connectivity index (χ3v) is 3.02. The van der Waals surface area contributed by atoms with E-state index in [0.29, 0.717) is 6.29 Å². The van der Waals surface area contributed by atoms with Crippen molar-refractivity contribution in [2.45, 2.75) is 24.9 Å². The minimum Gasteiger partial charge on any atom is -0.396 e. The lowest BCUT2D eigenvalue weighted by Gasteiger charge is -2.41. The molecule has 0 saturated heterocycles. The monoisotopic (exact) mass is 292 g/mol. The SMILES string of the molecule is C=CC(=O)C(CC=O)OC(O)(O)C(CO)(CO)CCO. The van der Waals surface area contributed by atoms with Crippen LogP contribution in [0.3, 0.4) is 0 Å². The molecule has 1 atom stereocenters. The quantitative estimate of drug-likeness (QED) is 0.162. The Labute approximate surface area is 115 Å². The summed E-state index contributed by atoms with van der Waals surface area (Å²) < 4.78 is 4.76. The summed E-state index contributed by atoms with van der Waals surface area (Å²) in [4.78, 5) is 21.9. The molecule has 0 aromatic heterocycles. The first-order valence-electron chi connectivity index (χ1n) is 5.89. The molecular weight excluding hydrogens is 272 g/mol. The molecule has 0 aliphatic rings. The molecule has 0 aromatic carbocycles. The van der Waals surface area contributed by atoms with Crippen molar-refractivity contribution < 1.29 is 39.9 Å². The summed E-state index contributed by atoms with van der Waals surface area (Å²) in [7, 11) is 0. The lowest BCUT2D eigenvalue weighted by atomic mass is 9.83. The number of hydrogen-bond acceptors (Lipinski definition) is 8. The lowest BCUT2D eigenvalue weighted by Crippen LogP contribution is -2.57. The number of ether oxygens (including phenoxy) is 1. The van der Waals surface area contributed by atoms with Crippen LogP contribution in [0.5, 0.6) is 0 Å². The molecule has 0 spiro atoms. The van der Waals surface area contributed by atoms with Crippen molar-refractivity contribution in [3.63, 3.8) is 0 Å². The second kappa shape index (κ2) is 8.20. The summed E-state index contributed by atoms with van der Waals surface area (Å²) in [5, 5.41) is 47.1. The summed E-state index contributed by atoms with van der Waals surface area (Å²) >= 11 is 0. The third kappa shape index (κ3) is 4.17. The van der Waals surface area contributed by atoms with Gasteiger partial charge in [-0.3, -0.25) is 4.79 Å². The van der Waals surface area contributed by atoms with Crippen molar-refractivity contribution in [1.29, 1.82) is 0 Å². The zero-order valence-electron chi connectivity index (χ0n) is 10.9. The molecule has 0 rings (SSSR count). The van der Waals surface area contributed by atoms with Crippen LogP contribution in [-0.4, -0.2) is 69.5 Å². The average molecular weight is 292 g/mol. The maximum absolute atomic E-state index is 11.4. The smallest absolute Gasteiger partial charge is 0.289 e. The fourth-order valence-electron chi connectivity index (χ4n) is 1.56. The van der Waals surface area contributed by atoms with Gasteiger partial charge in [0.1, 0.15) is 12.4 Å². The van der Waals surface area contributed by atoms with Gasteiger partial charge in [-0.25, -0.2) is 0 Å². The van der Waals surface area contributed by atoms with Crippen molar-refractivity contribution in [3.8, 4) is 0 Å². The van der Waals surface area contributed by atoms with E-state index in [1.54, 1.807) is 0 Å². The molecule has 0 bridgehead atoms. The number of ketones is 1. The van der Waals surface area contributed by atoms with E-state index in [-0.39, 0.29) is 0 Å². The fourth-order valence-corrected chi connectivity index (χ4v) is 1.56. The molecule has 0 aliphatic carbocycles. The van der Waals surface area contributed by atoms with Crippen molar-refractivity contribution in [3.05, 3.63) is 12.7 Å². The second-order valence-corrected chi connectivity index (χ2v) is 4.29. The highest BCUT2D eigenvalue weighted by Crippen LogP contribution is 2.35. The molecule has 0 aliphatic heterocycles. The Morgan fingerprint density at radius 3 is 2.15 bits per heavy atom. The molecule has 8 heteroatoms. The first-order valence-corrected chi connectivity index (χ1v) is 5.89. The van der Waals surface area contributed by atoms with Gasteiger partial charge in [0.2, 0.25) is 0 Å². The van der Waals surface area contributed by atoms with Crippen LogP contribution in [0.4, 0.5) is 0 Å². The summed E-state index contributed by atoms with van der Waals surface area (Å²) in [6.45, 7) is 0.770. The first kappa shape index (κ1) is 18.8. The van der Waals surface area contributed by atoms with Crippen molar-refractivity contribution >= 4 is 12.1 Å². The van der Waals surface area contributed by atoms with Gasteiger partial charge in [-0.1, -0.05) is 6.58 Å². The van der Waals surface area contributed by atoms with E-state index < -0.39 is 55.9 Å². The highest BCUT2D eigenvalue weighted by Gasteiger charge is 2.52. The summed E-state index contributed by atoms with van der Waals surface area (Å²) in [6, 6.07) is 0. The van der Waals surface area contributed by atoms with E-state index >= 15 is 0 Å². The number of aliphatic hydroxyl groups is 5. The van der Waals surface area contributed by atoms with Gasteiger partial charge in [0, 0.05) is 13.0 Å². The Hall–Kier alpha value is -1.16. The largest absolute Gasteiger partial charge is 0.396 e. The standard InChI is InChI=1S/C12H20O8/c1-2-9(17)10(3-5-13)20-12(18,19)11(7-15,8-16)4-6-14/h2,5,10,14-16,18-19H,1,3-4,6-8H2. The molecule has 20 heavy (non-hydrogen) atoms. The maximum atomic E-state index is 11.4. The minimum absolute atomic E-state index is 0.341. The zero-order valence-corrected chi connectivity index (χ0v) is 10.9. The summed E-state index contributed by atoms with van der Waals surface area (Å²) in [6.07, 6.45) is -1.19. The van der Waals surface area contributed by atoms with Crippen molar-refractivity contribution in [2.24, 2.45) is 5.41 Å². The third-order valence-electron chi connectivity index (χ3n) is 3.02. The molecule has 0 heterocycles. The Kier molecular flexibility index (Phi) is 7.72. The second-order valence-electron chi connectivity index (χ2n) is 4.29. The summed E-state index contributed by atoms with van der Waals surface area (Å²) in [5.41, 5.74) is -2.01. The Morgan fingerprint density at radius 1 is 1.25 bits per heavy atom. The van der Waals surface area contributed by atoms with Gasteiger partial charge in [-0.05, 0) is 12.5 Å². The first-order chi connectivity index (χ1) is 9.34. The van der Waals surface area contributed by atoms with E-state index in [1.807, 2.05) is 0 Å². The maximum Gasteiger partial charge on any atom is 0.289 e. The van der Waals surface area contributed by atoms with Gasteiger partial charge in [0.15, 0.2) is 5.78 Å². The molecule has 0 aromatic rings. The number of hydrogen-bond donors (Lipinski definition) is 5. The van der Waals surface area contributed by atoms with Gasteiger partial charge in [0.05, 0.1) is 18.6 Å². The van der Waals surface area contributed by atoms with Crippen LogP contribution in [0.15, 0.2) is 12.7 Å². The average Bonchev–Trinajstić information content (AvgIpc) is 2.43. The van der Waals surface area contributed by atoms with Crippen LogP contribution in [-0.2, 0) is 14.3 Å². The number of carbonyl (C=O) groups excluding carboxylic acids is 2. The topological polar surface area (TPSA) is 145 Å². The van der Waals surface area contributed by atoms with Gasteiger partial charge < -0.3 is 35.1 Å². The van der Waals surface area contributed by atoms with Gasteiger partial charge >= 0.3 is 0 Å². The van der Waals surface area contributed by atoms with Crippen molar-refractivity contribution in [2.75, 3.05) is 19.8 Å². The van der Waals surface area contributed by atoms with E-state index in [9.17, 15) is 30.0 Å². The van der Waals surface area contributed by atoms with Gasteiger partial charge in [-0.15, -0.1) is 0 Å². The highest BCUT2D eigenvalue weighted by atomic mass is 16.8. The zero-order chi connectivity index (χ0) is 15.8. The Balaban J connectivity index is 5.29. The molecule has 5 N–H and O–H groups in total. The summed E-state index contributed by atoms with van der Waals surface area (Å²) in [5.74, 6) is -3.88. The molecule has 116 valence electrons. The Bertz CT molecular complexity index is 334. The van der Waals surface area contributed by atoms with E-state index in [2.05, 4.69) is 6.58 Å². The van der Waals surface area contributed by atoms with E-state index in [4.69, 9.17) is 9.84 Å². The number of aliphatic hydroxyl groups excluding tert-OH is 3. The van der Waals surface area contributed by atoms with Crippen LogP contribution in [0.2, 0.25) is 0 Å². The van der Waals surface area contributed by atoms with Crippen LogP contribution >= 0.6 is 0 Å². The fraction of sp³-hybridized carbons (Fsp3) is 0.667. The van der Waals surface area contributed by atoms with E-state index in [1.165, 1.54) is 0 Å². The predicted molar refractivity (Wildman–Crippen MR) is 66.2 cm³/mol. The molecule has 0 amide bonds. The number of carbonyl (C=O) groups is 2. The molecule has 0 fully saturated rings. The Morgan fingerprint density at radius 2 is 1.80 bits per heavy atom. The van der Waals surface area contributed by atoms with E-state index in [0.717, 1.165) is 6.08 Å². The van der Waals surface area contributed by atoms with Crippen LogP contribution < -0.4 is 0 Å². The van der Waals surface area contributed by atoms with Gasteiger partial charge in [-0.2, -0.15) is 0 Å². The number of aldehydes is 1. The van der Waals surface area contributed by atoms with Crippen LogP contribution in [0.1, 0.15) is 12.8 Å². The molecule has 1 unspecified atom stereocenters. The normalized spacial score (nSPS) is 13.8.